The maximum Gasteiger partial charge on any atom is 0.341 e. The molecule has 3 aromatic rings. The maximum absolute atomic E-state index is 14.3. The molecule has 1 aliphatic rings. The Hall–Kier alpha value is -4.42. The van der Waals surface area contributed by atoms with Gasteiger partial charge in [-0.15, -0.1) is 0 Å². The van der Waals surface area contributed by atoms with E-state index in [4.69, 9.17) is 23.1 Å². The lowest BCUT2D eigenvalue weighted by Gasteiger charge is -2.23. The number of hydrogen-bond acceptors (Lipinski definition) is 15. The van der Waals surface area contributed by atoms with Gasteiger partial charge in [0, 0.05) is 27.7 Å². The number of nitrogens with one attached hydrogen (secondary N) is 1. The van der Waals surface area contributed by atoms with Crippen molar-refractivity contribution in [3.8, 4) is 5.88 Å². The average molecular weight is 751 g/mol. The fourth-order valence-electron chi connectivity index (χ4n) is 5.61. The molecule has 51 heavy (non-hydrogen) atoms. The summed E-state index contributed by atoms with van der Waals surface area (Å²) in [5.74, 6) is -4.21. The van der Waals surface area contributed by atoms with Crippen LogP contribution >= 0.6 is 11.3 Å². The van der Waals surface area contributed by atoms with Crippen molar-refractivity contribution in [2.45, 2.75) is 116 Å². The first-order valence-corrected chi connectivity index (χ1v) is 18.4. The van der Waals surface area contributed by atoms with E-state index in [9.17, 15) is 32.4 Å². The van der Waals surface area contributed by atoms with Gasteiger partial charge in [-0.3, -0.25) is 33.9 Å². The van der Waals surface area contributed by atoms with Crippen LogP contribution in [0.2, 0.25) is 0 Å². The largest absolute Gasteiger partial charge is 0.463 e. The van der Waals surface area contributed by atoms with Crippen molar-refractivity contribution >= 4 is 61.6 Å². The van der Waals surface area contributed by atoms with Crippen LogP contribution in [0.1, 0.15) is 110 Å². The van der Waals surface area contributed by atoms with Crippen molar-refractivity contribution in [3.63, 3.8) is 0 Å². The molecule has 18 heteroatoms. The molecule has 0 unspecified atom stereocenters. The number of benzene rings is 1. The molecule has 3 heterocycles. The van der Waals surface area contributed by atoms with Gasteiger partial charge in [0.05, 0.1) is 0 Å². The minimum absolute atomic E-state index is 0.0388. The molecule has 1 aliphatic heterocycles. The van der Waals surface area contributed by atoms with E-state index in [-0.39, 0.29) is 33.0 Å². The third-order valence-corrected chi connectivity index (χ3v) is 10.1. The summed E-state index contributed by atoms with van der Waals surface area (Å²) in [6, 6.07) is 3.67. The van der Waals surface area contributed by atoms with Gasteiger partial charge in [-0.25, -0.2) is 0 Å². The lowest BCUT2D eigenvalue weighted by molar-refractivity contribution is -0.166. The molecule has 2 aromatic heterocycles. The van der Waals surface area contributed by atoms with Crippen molar-refractivity contribution in [1.29, 1.82) is 0 Å². The fraction of sp³-hybridized carbons (Fsp3) is 0.545. The summed E-state index contributed by atoms with van der Waals surface area (Å²) >= 11 is 0.505. The molecule has 16 nitrogen and oxygen atoms in total. The molecule has 0 saturated carbocycles. The minimum atomic E-state index is -4.65. The van der Waals surface area contributed by atoms with Crippen LogP contribution in [0.4, 0.5) is 5.95 Å². The number of esters is 3. The van der Waals surface area contributed by atoms with Crippen LogP contribution in [-0.4, -0.2) is 71.7 Å². The number of thiazole rings is 1. The molecule has 1 aromatic carbocycles. The van der Waals surface area contributed by atoms with Crippen LogP contribution in [0, 0.1) is 0 Å². The maximum atomic E-state index is 14.3. The van der Waals surface area contributed by atoms with Crippen LogP contribution < -0.4 is 14.4 Å². The lowest BCUT2D eigenvalue weighted by atomic mass is 9.89. The van der Waals surface area contributed by atoms with Gasteiger partial charge in [0.2, 0.25) is 11.9 Å². The quantitative estimate of drug-likeness (QED) is 0.156. The molecular weight excluding hydrogens is 709 g/mol. The minimum Gasteiger partial charge on any atom is -0.463 e. The molecular formula is C33H42N4O12S2. The number of carbonyl (C=O) groups is 4. The molecule has 278 valence electrons. The van der Waals surface area contributed by atoms with Gasteiger partial charge in [-0.1, -0.05) is 65.0 Å². The molecule has 0 radical (unpaired) electrons. The van der Waals surface area contributed by atoms with Crippen LogP contribution in [-0.2, 0) is 48.2 Å². The van der Waals surface area contributed by atoms with E-state index in [1.807, 2.05) is 53.7 Å². The zero-order valence-electron chi connectivity index (χ0n) is 30.0. The Bertz CT molecular complexity index is 1990. The molecule has 0 aliphatic carbocycles. The summed E-state index contributed by atoms with van der Waals surface area (Å²) in [4.78, 5) is 69.5. The van der Waals surface area contributed by atoms with Gasteiger partial charge in [-0.05, 0) is 34.4 Å². The number of ether oxygens (including phenoxy) is 4. The normalized spacial score (nSPS) is 19.1. The molecule has 1 fully saturated rings. The summed E-state index contributed by atoms with van der Waals surface area (Å²) in [7, 11) is -4.65. The van der Waals surface area contributed by atoms with Crippen molar-refractivity contribution in [3.05, 3.63) is 38.5 Å². The SMILES string of the molecule is CC(=O)Nc1nc(OS(=O)(=O)c2c(C(C)C)cc(C(C)C)cc2C(C)C)c2sc(=O)n([C@H]3O[C@H](COC(C)=O)[C@@H](OC(C)=O)[C@H]3OC(C)=O)c2n1. The topological polar surface area (TPSA) is 208 Å². The van der Waals surface area contributed by atoms with Crippen molar-refractivity contribution in [2.75, 3.05) is 11.9 Å². The first-order valence-electron chi connectivity index (χ1n) is 16.2. The Morgan fingerprint density at radius 3 is 1.94 bits per heavy atom. The van der Waals surface area contributed by atoms with Crippen LogP contribution in [0.5, 0.6) is 5.88 Å². The van der Waals surface area contributed by atoms with Crippen LogP contribution in [0.25, 0.3) is 10.3 Å². The first kappa shape index (κ1) is 39.4. The standard InChI is InChI=1S/C33H42N4O12S2/c1-14(2)21-11-22(15(3)4)28(23(12-21)16(5)6)51(43,44)49-30-27-29(35-32(36-30)34-17(7)38)37(33(42)50-27)31-26(47-20(10)41)25(46-19(9)40)24(48-31)13-45-18(8)39/h11-12,14-16,24-26,31H,13H2,1-10H3,(H,34,35,36,38)/t24-,25-,26-,31+/m1/s1. The number of aromatic nitrogens is 3. The Kier molecular flexibility index (Phi) is 11.9. The van der Waals surface area contributed by atoms with E-state index in [1.165, 1.54) is 6.92 Å². The summed E-state index contributed by atoms with van der Waals surface area (Å²) in [6.45, 7) is 15.6. The van der Waals surface area contributed by atoms with E-state index < -0.39 is 81.8 Å². The number of carbonyl (C=O) groups excluding carboxylic acids is 4. The second-order valence-electron chi connectivity index (χ2n) is 13.0. The Morgan fingerprint density at radius 2 is 1.45 bits per heavy atom. The number of anilines is 1. The second-order valence-corrected chi connectivity index (χ2v) is 15.4. The third kappa shape index (κ3) is 8.73. The van der Waals surface area contributed by atoms with Gasteiger partial charge in [0.25, 0.3) is 5.88 Å². The zero-order chi connectivity index (χ0) is 38.1. The predicted molar refractivity (Wildman–Crippen MR) is 184 cm³/mol. The van der Waals surface area contributed by atoms with Crippen LogP contribution in [0.15, 0.2) is 21.8 Å². The summed E-state index contributed by atoms with van der Waals surface area (Å²) < 4.78 is 57.2. The van der Waals surface area contributed by atoms with Gasteiger partial charge >= 0.3 is 32.9 Å². The van der Waals surface area contributed by atoms with E-state index in [2.05, 4.69) is 15.3 Å². The molecule has 1 saturated heterocycles. The zero-order valence-corrected chi connectivity index (χ0v) is 31.6. The number of fused-ring (bicyclic) bond motifs is 1. The van der Waals surface area contributed by atoms with Gasteiger partial charge in [0.1, 0.15) is 22.3 Å². The average Bonchev–Trinajstić information content (AvgIpc) is 3.49. The van der Waals surface area contributed by atoms with Crippen molar-refractivity contribution in [1.82, 2.24) is 14.5 Å². The molecule has 0 bridgehead atoms. The molecule has 0 spiro atoms. The Labute approximate surface area is 298 Å². The molecule has 1 N–H and O–H groups in total. The van der Waals surface area contributed by atoms with Gasteiger partial charge < -0.3 is 23.1 Å². The van der Waals surface area contributed by atoms with E-state index in [0.29, 0.717) is 22.5 Å². The third-order valence-electron chi connectivity index (χ3n) is 7.83. The highest BCUT2D eigenvalue weighted by molar-refractivity contribution is 7.87. The number of amides is 1. The first-order chi connectivity index (χ1) is 23.7. The highest BCUT2D eigenvalue weighted by Crippen LogP contribution is 2.40. The van der Waals surface area contributed by atoms with E-state index in [0.717, 1.165) is 30.9 Å². The van der Waals surface area contributed by atoms with E-state index in [1.54, 1.807) is 0 Å². The fourth-order valence-corrected chi connectivity index (χ4v) is 8.12. The van der Waals surface area contributed by atoms with Gasteiger partial charge in [0.15, 0.2) is 24.1 Å². The van der Waals surface area contributed by atoms with E-state index >= 15 is 0 Å². The number of nitrogens with zero attached hydrogens (tertiary/aromatic N) is 3. The number of hydrogen-bond donors (Lipinski definition) is 1. The molecule has 4 atom stereocenters. The smallest absolute Gasteiger partial charge is 0.341 e. The lowest BCUT2D eigenvalue weighted by Crippen LogP contribution is -2.41. The van der Waals surface area contributed by atoms with Gasteiger partial charge in [-0.2, -0.15) is 18.4 Å². The number of rotatable bonds is 12. The Balaban J connectivity index is 1.96. The summed E-state index contributed by atoms with van der Waals surface area (Å²) in [6.07, 6.45) is -5.55. The second kappa shape index (κ2) is 15.4. The Morgan fingerprint density at radius 1 is 0.882 bits per heavy atom. The molecule has 4 rings (SSSR count). The summed E-state index contributed by atoms with van der Waals surface area (Å²) in [5, 5.41) is 2.39. The summed E-state index contributed by atoms with van der Waals surface area (Å²) in [5.41, 5.74) is 1.75. The monoisotopic (exact) mass is 750 g/mol. The van der Waals surface area contributed by atoms with Crippen molar-refractivity contribution in [2.24, 2.45) is 0 Å². The van der Waals surface area contributed by atoms with Crippen LogP contribution in [0.3, 0.4) is 0 Å². The molecule has 1 amide bonds. The predicted octanol–water partition coefficient (Wildman–Crippen LogP) is 4.27. The van der Waals surface area contributed by atoms with Crippen molar-refractivity contribution < 1.29 is 50.7 Å². The highest BCUT2D eigenvalue weighted by atomic mass is 32.2. The highest BCUT2D eigenvalue weighted by Gasteiger charge is 2.52.